The Morgan fingerprint density at radius 2 is 1.75 bits per heavy atom. The van der Waals surface area contributed by atoms with Crippen LogP contribution >= 0.6 is 0 Å². The van der Waals surface area contributed by atoms with Crippen molar-refractivity contribution in [3.8, 4) is 5.75 Å². The number of benzene rings is 1. The molecule has 1 aromatic carbocycles. The van der Waals surface area contributed by atoms with Gasteiger partial charge in [-0.1, -0.05) is 18.2 Å². The number of aromatic hydroxyl groups is 1. The molecule has 4 bridgehead atoms. The molecule has 6 nitrogen and oxygen atoms in total. The van der Waals surface area contributed by atoms with Gasteiger partial charge in [-0.15, -0.1) is 0 Å². The number of halogens is 1. The van der Waals surface area contributed by atoms with Crippen LogP contribution < -0.4 is 9.80 Å². The highest BCUT2D eigenvalue weighted by molar-refractivity contribution is 5.97. The van der Waals surface area contributed by atoms with Gasteiger partial charge in [-0.25, -0.2) is 4.98 Å². The molecule has 4 aliphatic carbocycles. The van der Waals surface area contributed by atoms with E-state index in [1.54, 1.807) is 12.3 Å². The molecule has 7 rings (SSSR count). The van der Waals surface area contributed by atoms with Crippen molar-refractivity contribution >= 4 is 17.4 Å². The second-order valence-corrected chi connectivity index (χ2v) is 11.8. The number of amides is 1. The molecule has 0 spiro atoms. The molecule has 2 heterocycles. The first-order valence-electron chi connectivity index (χ1n) is 13.5. The number of phenols is 1. The molecule has 7 heteroatoms. The maximum absolute atomic E-state index is 14.3. The van der Waals surface area contributed by atoms with Crippen LogP contribution in [-0.2, 0) is 4.79 Å². The lowest BCUT2D eigenvalue weighted by Gasteiger charge is -2.61. The number of carbonyl (C=O) groups is 1. The first-order valence-corrected chi connectivity index (χ1v) is 13.5. The Morgan fingerprint density at radius 1 is 1.03 bits per heavy atom. The highest BCUT2D eigenvalue weighted by atomic mass is 19.1. The third-order valence-electron chi connectivity index (χ3n) is 9.32. The van der Waals surface area contributed by atoms with Crippen molar-refractivity contribution in [2.75, 3.05) is 55.7 Å². The van der Waals surface area contributed by atoms with Gasteiger partial charge < -0.3 is 10.0 Å². The summed E-state index contributed by atoms with van der Waals surface area (Å²) in [5.41, 5.74) is 0.164. The molecular formula is C29H37FN4O2. The monoisotopic (exact) mass is 492 g/mol. The first-order chi connectivity index (χ1) is 17.5. The number of piperazine rings is 1. The van der Waals surface area contributed by atoms with Crippen molar-refractivity contribution in [2.24, 2.45) is 22.7 Å². The largest absolute Gasteiger partial charge is 0.506 e. The molecule has 0 radical (unpaired) electrons. The molecule has 2 unspecified atom stereocenters. The van der Waals surface area contributed by atoms with Gasteiger partial charge in [-0.2, -0.15) is 0 Å². The topological polar surface area (TPSA) is 59.9 Å². The van der Waals surface area contributed by atoms with Crippen LogP contribution in [0.5, 0.6) is 5.75 Å². The minimum Gasteiger partial charge on any atom is -0.506 e. The summed E-state index contributed by atoms with van der Waals surface area (Å²) in [4.78, 5) is 25.4. The van der Waals surface area contributed by atoms with Gasteiger partial charge >= 0.3 is 0 Å². The van der Waals surface area contributed by atoms with Crippen molar-refractivity contribution in [1.29, 1.82) is 0 Å². The highest BCUT2D eigenvalue weighted by Gasteiger charge is 2.61. The number of hydrogen-bond acceptors (Lipinski definition) is 5. The first kappa shape index (κ1) is 23.7. The van der Waals surface area contributed by atoms with Gasteiger partial charge in [0.05, 0.1) is 17.8 Å². The molecule has 1 aliphatic heterocycles. The predicted molar refractivity (Wildman–Crippen MR) is 139 cm³/mol. The maximum atomic E-state index is 14.3. The van der Waals surface area contributed by atoms with E-state index in [0.717, 1.165) is 64.1 Å². The van der Waals surface area contributed by atoms with Crippen LogP contribution in [0.4, 0.5) is 15.9 Å². The van der Waals surface area contributed by atoms with Crippen molar-refractivity contribution < 1.29 is 14.3 Å². The second-order valence-electron chi connectivity index (χ2n) is 11.8. The molecule has 4 atom stereocenters. The summed E-state index contributed by atoms with van der Waals surface area (Å²) in [6.07, 6.45) is 7.36. The van der Waals surface area contributed by atoms with Crippen LogP contribution in [0.3, 0.4) is 0 Å². The fourth-order valence-electron chi connectivity index (χ4n) is 8.16. The number of aromatic nitrogens is 1. The lowest BCUT2D eigenvalue weighted by atomic mass is 9.44. The zero-order chi connectivity index (χ0) is 24.8. The van der Waals surface area contributed by atoms with E-state index in [0.29, 0.717) is 36.4 Å². The smallest absolute Gasteiger partial charge is 0.234 e. The molecule has 5 fully saturated rings. The summed E-state index contributed by atoms with van der Waals surface area (Å²) < 4.78 is 14.3. The van der Waals surface area contributed by atoms with Gasteiger partial charge in [0, 0.05) is 50.9 Å². The average Bonchev–Trinajstić information content (AvgIpc) is 2.89. The van der Waals surface area contributed by atoms with Gasteiger partial charge in [0.25, 0.3) is 0 Å². The van der Waals surface area contributed by atoms with Gasteiger partial charge in [0.15, 0.2) is 0 Å². The van der Waals surface area contributed by atoms with Gasteiger partial charge in [0.2, 0.25) is 5.91 Å². The van der Waals surface area contributed by atoms with Crippen molar-refractivity contribution in [1.82, 2.24) is 9.88 Å². The van der Waals surface area contributed by atoms with Crippen LogP contribution in [0.15, 0.2) is 48.7 Å². The number of nitrogens with zero attached hydrogens (tertiary/aromatic N) is 4. The zero-order valence-corrected chi connectivity index (χ0v) is 21.0. The van der Waals surface area contributed by atoms with E-state index >= 15 is 0 Å². The average molecular weight is 493 g/mol. The number of alkyl halides is 1. The summed E-state index contributed by atoms with van der Waals surface area (Å²) in [5, 5.41) is 10.2. The summed E-state index contributed by atoms with van der Waals surface area (Å²) in [7, 11) is 0. The number of anilines is 2. The number of rotatable bonds is 7. The van der Waals surface area contributed by atoms with Crippen molar-refractivity contribution in [3.63, 3.8) is 0 Å². The van der Waals surface area contributed by atoms with Gasteiger partial charge in [0.1, 0.15) is 11.6 Å². The minimum atomic E-state index is -0.433. The van der Waals surface area contributed by atoms with Gasteiger partial charge in [-0.3, -0.25) is 19.0 Å². The van der Waals surface area contributed by atoms with Crippen LogP contribution in [0, 0.1) is 22.7 Å². The second kappa shape index (κ2) is 9.33. The lowest BCUT2D eigenvalue weighted by molar-refractivity contribution is -0.156. The van der Waals surface area contributed by atoms with E-state index < -0.39 is 5.41 Å². The van der Waals surface area contributed by atoms with E-state index in [-0.39, 0.29) is 18.0 Å². The van der Waals surface area contributed by atoms with E-state index in [2.05, 4.69) is 14.8 Å². The van der Waals surface area contributed by atoms with Crippen LogP contribution in [0.25, 0.3) is 0 Å². The van der Waals surface area contributed by atoms with E-state index in [1.807, 2.05) is 41.3 Å². The van der Waals surface area contributed by atoms with E-state index in [4.69, 9.17) is 0 Å². The highest BCUT2D eigenvalue weighted by Crippen LogP contribution is 2.65. The SMILES string of the molecule is O=C(N(CCN1CCN(c2ccccc2O)CC1)c1ccccn1)C12C[C@@H]3C[C@@H](CC(CF)(C3)C1)C2. The van der Waals surface area contributed by atoms with Crippen molar-refractivity contribution in [3.05, 3.63) is 48.7 Å². The Bertz CT molecular complexity index is 1070. The van der Waals surface area contributed by atoms with Crippen LogP contribution in [0.1, 0.15) is 38.5 Å². The Kier molecular flexibility index (Phi) is 6.14. The molecule has 5 aliphatic rings. The zero-order valence-electron chi connectivity index (χ0n) is 21.0. The lowest BCUT2D eigenvalue weighted by Crippen LogP contribution is -2.59. The Balaban J connectivity index is 1.16. The molecule has 36 heavy (non-hydrogen) atoms. The summed E-state index contributed by atoms with van der Waals surface area (Å²) in [6.45, 7) is 4.49. The molecule has 4 saturated carbocycles. The third-order valence-corrected chi connectivity index (χ3v) is 9.32. The molecule has 192 valence electrons. The number of phenolic OH excluding ortho intramolecular Hbond substituents is 1. The quantitative estimate of drug-likeness (QED) is 0.617. The Labute approximate surface area is 213 Å². The molecule has 1 aromatic heterocycles. The Hall–Kier alpha value is -2.67. The molecule has 1 amide bonds. The van der Waals surface area contributed by atoms with Crippen LogP contribution in [-0.4, -0.2) is 66.8 Å². The van der Waals surface area contributed by atoms with E-state index in [1.165, 1.54) is 6.42 Å². The number of carbonyl (C=O) groups excluding carboxylic acids is 1. The standard InChI is InChI=1S/C29H37FN4O2/c30-21-28-16-22-15-23(17-28)19-29(18-22,20-28)27(36)34(26-7-3-4-8-31-26)14-11-32-9-12-33(13-10-32)24-5-1-2-6-25(24)35/h1-8,22-23,35H,9-21H2/t22-,23+,28?,29?. The summed E-state index contributed by atoms with van der Waals surface area (Å²) in [6, 6.07) is 13.2. The number of pyridine rings is 1. The van der Waals surface area contributed by atoms with Crippen LogP contribution in [0.2, 0.25) is 0 Å². The van der Waals surface area contributed by atoms with Crippen molar-refractivity contribution in [2.45, 2.75) is 38.5 Å². The maximum Gasteiger partial charge on any atom is 0.234 e. The minimum absolute atomic E-state index is 0.168. The van der Waals surface area contributed by atoms with Gasteiger partial charge in [-0.05, 0) is 74.6 Å². The molecule has 1 saturated heterocycles. The predicted octanol–water partition coefficient (Wildman–Crippen LogP) is 4.50. The summed E-state index contributed by atoms with van der Waals surface area (Å²) in [5.74, 6) is 2.17. The van der Waals surface area contributed by atoms with E-state index in [9.17, 15) is 14.3 Å². The fraction of sp³-hybridized carbons (Fsp3) is 0.586. The molecule has 1 N–H and O–H groups in total. The number of para-hydroxylation sites is 2. The Morgan fingerprint density at radius 3 is 2.42 bits per heavy atom. The summed E-state index contributed by atoms with van der Waals surface area (Å²) >= 11 is 0. The third kappa shape index (κ3) is 4.25. The molecular weight excluding hydrogens is 455 g/mol. The molecule has 2 aromatic rings. The fourth-order valence-corrected chi connectivity index (χ4v) is 8.16. The normalized spacial score (nSPS) is 31.5. The number of hydrogen-bond donors (Lipinski definition) is 1.